The van der Waals surface area contributed by atoms with Gasteiger partial charge in [0.25, 0.3) is 0 Å². The van der Waals surface area contributed by atoms with E-state index < -0.39 is 0 Å². The molecule has 0 aliphatic carbocycles. The first-order valence-electron chi connectivity index (χ1n) is 5.72. The lowest BCUT2D eigenvalue weighted by Crippen LogP contribution is -2.36. The van der Waals surface area contributed by atoms with E-state index in [1.165, 1.54) is 0 Å². The largest absolute Gasteiger partial charge is 0.386 e. The van der Waals surface area contributed by atoms with Crippen LogP contribution >= 0.6 is 27.5 Å². The van der Waals surface area contributed by atoms with Gasteiger partial charge in [0.1, 0.15) is 5.84 Å². The van der Waals surface area contributed by atoms with E-state index in [4.69, 9.17) is 22.1 Å². The molecule has 1 aromatic rings. The van der Waals surface area contributed by atoms with Gasteiger partial charge in [-0.3, -0.25) is 0 Å². The summed E-state index contributed by atoms with van der Waals surface area (Å²) in [7, 11) is 0. The molecule has 6 heteroatoms. The molecule has 4 nitrogen and oxygen atoms in total. The number of halogens is 2. The molecule has 0 amide bonds. The highest BCUT2D eigenvalue weighted by Crippen LogP contribution is 2.32. The second-order valence-electron chi connectivity index (χ2n) is 3.97. The number of alkyl halides is 1. The molecule has 1 aliphatic rings. The van der Waals surface area contributed by atoms with Crippen LogP contribution in [0, 0.1) is 0 Å². The fourth-order valence-electron chi connectivity index (χ4n) is 1.84. The maximum atomic E-state index is 5.71. The quantitative estimate of drug-likeness (QED) is 0.526. The Bertz CT molecular complexity index is 447. The SMILES string of the molecule is NC(CCl)=Nc1cc(Br)ccc1N1CCOCC1. The van der Waals surface area contributed by atoms with Gasteiger partial charge in [0, 0.05) is 17.6 Å². The van der Waals surface area contributed by atoms with Gasteiger partial charge in [0.2, 0.25) is 0 Å². The van der Waals surface area contributed by atoms with Gasteiger partial charge in [-0.1, -0.05) is 15.9 Å². The van der Waals surface area contributed by atoms with Gasteiger partial charge in [0.05, 0.1) is 30.5 Å². The van der Waals surface area contributed by atoms with E-state index in [-0.39, 0.29) is 5.88 Å². The Morgan fingerprint density at radius 3 is 2.83 bits per heavy atom. The van der Waals surface area contributed by atoms with Crippen molar-refractivity contribution in [3.05, 3.63) is 22.7 Å². The van der Waals surface area contributed by atoms with Crippen molar-refractivity contribution in [1.82, 2.24) is 0 Å². The highest BCUT2D eigenvalue weighted by Gasteiger charge is 2.15. The van der Waals surface area contributed by atoms with E-state index in [1.54, 1.807) is 0 Å². The van der Waals surface area contributed by atoms with Gasteiger partial charge in [-0.05, 0) is 18.2 Å². The second kappa shape index (κ2) is 6.41. The van der Waals surface area contributed by atoms with E-state index in [0.717, 1.165) is 42.2 Å². The summed E-state index contributed by atoms with van der Waals surface area (Å²) in [6, 6.07) is 5.99. The van der Waals surface area contributed by atoms with Crippen LogP contribution in [0.15, 0.2) is 27.7 Å². The monoisotopic (exact) mass is 331 g/mol. The van der Waals surface area contributed by atoms with Crippen molar-refractivity contribution in [2.24, 2.45) is 10.7 Å². The number of rotatable bonds is 3. The lowest BCUT2D eigenvalue weighted by Gasteiger charge is -2.29. The van der Waals surface area contributed by atoms with E-state index in [2.05, 4.69) is 25.8 Å². The fourth-order valence-corrected chi connectivity index (χ4v) is 2.25. The third kappa shape index (κ3) is 3.37. The summed E-state index contributed by atoms with van der Waals surface area (Å²) in [5, 5.41) is 0. The normalized spacial score (nSPS) is 17.0. The lowest BCUT2D eigenvalue weighted by molar-refractivity contribution is 0.123. The average molecular weight is 333 g/mol. The lowest BCUT2D eigenvalue weighted by atomic mass is 10.2. The van der Waals surface area contributed by atoms with Crippen LogP contribution < -0.4 is 10.6 Å². The van der Waals surface area contributed by atoms with E-state index >= 15 is 0 Å². The Morgan fingerprint density at radius 2 is 2.17 bits per heavy atom. The molecule has 0 unspecified atom stereocenters. The minimum absolute atomic E-state index is 0.231. The summed E-state index contributed by atoms with van der Waals surface area (Å²) in [6.45, 7) is 3.21. The number of amidine groups is 1. The predicted octanol–water partition coefficient (Wildman–Crippen LogP) is 2.51. The zero-order valence-corrected chi connectivity index (χ0v) is 12.2. The van der Waals surface area contributed by atoms with Crippen molar-refractivity contribution >= 4 is 44.7 Å². The van der Waals surface area contributed by atoms with Gasteiger partial charge < -0.3 is 15.4 Å². The minimum Gasteiger partial charge on any atom is -0.386 e. The molecule has 0 bridgehead atoms. The molecule has 2 rings (SSSR count). The molecule has 1 saturated heterocycles. The number of benzene rings is 1. The number of nitrogens with two attached hydrogens (primary N) is 1. The Balaban J connectivity index is 2.33. The van der Waals surface area contributed by atoms with Gasteiger partial charge in [-0.25, -0.2) is 4.99 Å². The van der Waals surface area contributed by atoms with Crippen LogP contribution in [0.2, 0.25) is 0 Å². The Labute approximate surface area is 120 Å². The highest BCUT2D eigenvalue weighted by atomic mass is 79.9. The number of morpholine rings is 1. The topological polar surface area (TPSA) is 50.8 Å². The first kappa shape index (κ1) is 13.6. The zero-order valence-electron chi connectivity index (χ0n) is 9.90. The Morgan fingerprint density at radius 1 is 1.44 bits per heavy atom. The molecule has 0 saturated carbocycles. The van der Waals surface area contributed by atoms with Gasteiger partial charge in [-0.15, -0.1) is 11.6 Å². The maximum Gasteiger partial charge on any atom is 0.115 e. The second-order valence-corrected chi connectivity index (χ2v) is 5.15. The Kier molecular flexibility index (Phi) is 4.86. The molecule has 1 fully saturated rings. The van der Waals surface area contributed by atoms with Gasteiger partial charge >= 0.3 is 0 Å². The zero-order chi connectivity index (χ0) is 13.0. The number of hydrogen-bond acceptors (Lipinski definition) is 3. The van der Waals surface area contributed by atoms with E-state index in [1.807, 2.05) is 18.2 Å². The third-order valence-corrected chi connectivity index (χ3v) is 3.46. The van der Waals surface area contributed by atoms with Crippen LogP contribution in [-0.4, -0.2) is 38.0 Å². The molecule has 0 atom stereocenters. The standard InChI is InChI=1S/C12H15BrClN3O/c13-9-1-2-11(17-3-5-18-6-4-17)10(7-9)16-12(15)8-14/h1-2,7H,3-6,8H2,(H2,15,16). The predicted molar refractivity (Wildman–Crippen MR) is 79.2 cm³/mol. The number of aliphatic imine (C=N–C) groups is 1. The van der Waals surface area contributed by atoms with Crippen LogP contribution in [-0.2, 0) is 4.74 Å². The highest BCUT2D eigenvalue weighted by molar-refractivity contribution is 9.10. The van der Waals surface area contributed by atoms with Crippen LogP contribution in [0.1, 0.15) is 0 Å². The van der Waals surface area contributed by atoms with Gasteiger partial charge in [-0.2, -0.15) is 0 Å². The third-order valence-electron chi connectivity index (χ3n) is 2.69. The maximum absolute atomic E-state index is 5.71. The molecule has 0 radical (unpaired) electrons. The molecule has 1 aliphatic heterocycles. The van der Waals surface area contributed by atoms with E-state index in [9.17, 15) is 0 Å². The summed E-state index contributed by atoms with van der Waals surface area (Å²) in [5.74, 6) is 0.652. The molecule has 1 heterocycles. The van der Waals surface area contributed by atoms with Crippen molar-refractivity contribution in [2.45, 2.75) is 0 Å². The van der Waals surface area contributed by atoms with E-state index in [0.29, 0.717) is 5.84 Å². The molecular weight excluding hydrogens is 318 g/mol. The van der Waals surface area contributed by atoms with Crippen LogP contribution in [0.3, 0.4) is 0 Å². The van der Waals surface area contributed by atoms with Crippen molar-refractivity contribution in [1.29, 1.82) is 0 Å². The van der Waals surface area contributed by atoms with Crippen LogP contribution in [0.25, 0.3) is 0 Å². The average Bonchev–Trinajstić information content (AvgIpc) is 2.40. The van der Waals surface area contributed by atoms with Crippen LogP contribution in [0.5, 0.6) is 0 Å². The molecule has 98 valence electrons. The summed E-state index contributed by atoms with van der Waals surface area (Å²) in [4.78, 5) is 6.61. The van der Waals surface area contributed by atoms with Crippen LogP contribution in [0.4, 0.5) is 11.4 Å². The minimum atomic E-state index is 0.231. The summed E-state index contributed by atoms with van der Waals surface area (Å²) >= 11 is 9.12. The van der Waals surface area contributed by atoms with Gasteiger partial charge in [0.15, 0.2) is 0 Å². The first-order valence-corrected chi connectivity index (χ1v) is 7.04. The summed E-state index contributed by atoms with van der Waals surface area (Å²) in [6.07, 6.45) is 0. The summed E-state index contributed by atoms with van der Waals surface area (Å²) < 4.78 is 6.33. The van der Waals surface area contributed by atoms with Crippen molar-refractivity contribution in [2.75, 3.05) is 37.1 Å². The fraction of sp³-hybridized carbons (Fsp3) is 0.417. The molecule has 18 heavy (non-hydrogen) atoms. The van der Waals surface area contributed by atoms with Crippen molar-refractivity contribution in [3.8, 4) is 0 Å². The smallest absolute Gasteiger partial charge is 0.115 e. The number of nitrogens with zero attached hydrogens (tertiary/aromatic N) is 2. The molecule has 0 aromatic heterocycles. The molecule has 0 spiro atoms. The number of ether oxygens (including phenoxy) is 1. The van der Waals surface area contributed by atoms with Crippen molar-refractivity contribution < 1.29 is 4.74 Å². The summed E-state index contributed by atoms with van der Waals surface area (Å²) in [5.41, 5.74) is 7.61. The first-order chi connectivity index (χ1) is 8.70. The number of hydrogen-bond donors (Lipinski definition) is 1. The Hall–Kier alpha value is -0.780. The van der Waals surface area contributed by atoms with Crippen molar-refractivity contribution in [3.63, 3.8) is 0 Å². The molecule has 1 aromatic carbocycles. The molecular formula is C12H15BrClN3O. The number of anilines is 1. The molecule has 2 N–H and O–H groups in total.